The van der Waals surface area contributed by atoms with Crippen LogP contribution in [0.2, 0.25) is 5.02 Å². The molecule has 0 radical (unpaired) electrons. The van der Waals surface area contributed by atoms with Gasteiger partial charge in [0.1, 0.15) is 0 Å². The molecule has 0 aromatic heterocycles. The summed E-state index contributed by atoms with van der Waals surface area (Å²) in [6.45, 7) is 2.26. The molecule has 146 valence electrons. The van der Waals surface area contributed by atoms with Crippen molar-refractivity contribution in [1.29, 1.82) is 0 Å². The maximum atomic E-state index is 12.6. The summed E-state index contributed by atoms with van der Waals surface area (Å²) in [5, 5.41) is 3.18. The third-order valence-corrected chi connectivity index (χ3v) is 4.78. The quantitative estimate of drug-likeness (QED) is 0.756. The summed E-state index contributed by atoms with van der Waals surface area (Å²) < 4.78 is 5.24. The molecule has 6 nitrogen and oxygen atoms in total. The van der Waals surface area contributed by atoms with Crippen molar-refractivity contribution in [2.45, 2.75) is 25.9 Å². The van der Waals surface area contributed by atoms with Gasteiger partial charge in [0.15, 0.2) is 6.10 Å². The second-order valence-corrected chi connectivity index (χ2v) is 6.95. The third-order valence-electron chi connectivity index (χ3n) is 4.53. The molecule has 1 N–H and O–H groups in total. The van der Waals surface area contributed by atoms with E-state index in [0.29, 0.717) is 17.1 Å². The number of rotatable bonds is 6. The van der Waals surface area contributed by atoms with Gasteiger partial charge in [0.05, 0.1) is 6.42 Å². The van der Waals surface area contributed by atoms with E-state index in [0.717, 1.165) is 17.7 Å². The number of carbonyl (C=O) groups excluding carboxylic acids is 3. The Labute approximate surface area is 168 Å². The summed E-state index contributed by atoms with van der Waals surface area (Å²) in [6.07, 6.45) is -0.113. The van der Waals surface area contributed by atoms with Crippen LogP contribution in [0.5, 0.6) is 0 Å². The average molecular weight is 401 g/mol. The lowest BCUT2D eigenvalue weighted by Gasteiger charge is -2.21. The molecular formula is C21H21ClN2O4. The highest BCUT2D eigenvalue weighted by atomic mass is 35.5. The average Bonchev–Trinajstić information content (AvgIpc) is 3.11. The zero-order valence-electron chi connectivity index (χ0n) is 15.5. The predicted molar refractivity (Wildman–Crippen MR) is 106 cm³/mol. The van der Waals surface area contributed by atoms with Gasteiger partial charge in [0.2, 0.25) is 0 Å². The lowest BCUT2D eigenvalue weighted by Crippen LogP contribution is -2.39. The van der Waals surface area contributed by atoms with E-state index in [2.05, 4.69) is 5.32 Å². The number of halogens is 1. The zero-order chi connectivity index (χ0) is 20.1. The summed E-state index contributed by atoms with van der Waals surface area (Å²) in [7, 11) is 0. The second kappa shape index (κ2) is 8.89. The molecule has 28 heavy (non-hydrogen) atoms. The number of nitrogens with zero attached hydrogens (tertiary/aromatic N) is 1. The molecule has 0 fully saturated rings. The number of benzene rings is 2. The Morgan fingerprint density at radius 1 is 1.14 bits per heavy atom. The first kappa shape index (κ1) is 19.9. The van der Waals surface area contributed by atoms with Crippen molar-refractivity contribution in [3.63, 3.8) is 0 Å². The van der Waals surface area contributed by atoms with Gasteiger partial charge >= 0.3 is 5.97 Å². The van der Waals surface area contributed by atoms with E-state index in [-0.39, 0.29) is 24.8 Å². The Morgan fingerprint density at radius 3 is 2.61 bits per heavy atom. The maximum Gasteiger partial charge on any atom is 0.308 e. The molecule has 0 bridgehead atoms. The van der Waals surface area contributed by atoms with Crippen LogP contribution in [0.15, 0.2) is 48.5 Å². The number of carbonyl (C=O) groups is 3. The van der Waals surface area contributed by atoms with Crippen molar-refractivity contribution in [2.24, 2.45) is 0 Å². The highest BCUT2D eigenvalue weighted by Gasteiger charge is 2.29. The molecule has 2 amide bonds. The molecule has 0 saturated heterocycles. The van der Waals surface area contributed by atoms with Crippen LogP contribution in [0.1, 0.15) is 29.3 Å². The number of ether oxygens (including phenoxy) is 1. The molecule has 2 aromatic rings. The summed E-state index contributed by atoms with van der Waals surface area (Å²) in [6, 6.07) is 14.1. The largest absolute Gasteiger partial charge is 0.452 e. The monoisotopic (exact) mass is 400 g/mol. The first-order valence-corrected chi connectivity index (χ1v) is 9.46. The molecule has 1 aliphatic heterocycles. The molecule has 1 atom stereocenters. The summed E-state index contributed by atoms with van der Waals surface area (Å²) in [5.41, 5.74) is 2.43. The maximum absolute atomic E-state index is 12.6. The van der Waals surface area contributed by atoms with E-state index in [1.165, 1.54) is 0 Å². The topological polar surface area (TPSA) is 75.7 Å². The van der Waals surface area contributed by atoms with E-state index in [1.54, 1.807) is 36.1 Å². The molecule has 1 heterocycles. The fourth-order valence-electron chi connectivity index (χ4n) is 3.07. The molecule has 1 aliphatic rings. The van der Waals surface area contributed by atoms with Crippen molar-refractivity contribution in [2.75, 3.05) is 18.0 Å². The Balaban J connectivity index is 1.45. The van der Waals surface area contributed by atoms with Crippen molar-refractivity contribution >= 4 is 35.1 Å². The Kier molecular flexibility index (Phi) is 6.31. The number of amides is 2. The number of hydrogen-bond acceptors (Lipinski definition) is 4. The van der Waals surface area contributed by atoms with Crippen LogP contribution in [0.25, 0.3) is 0 Å². The van der Waals surface area contributed by atoms with Gasteiger partial charge in [-0.2, -0.15) is 0 Å². The molecule has 0 saturated carbocycles. The molecule has 2 aromatic carbocycles. The number of hydrogen-bond donors (Lipinski definition) is 1. The Morgan fingerprint density at radius 2 is 1.86 bits per heavy atom. The van der Waals surface area contributed by atoms with Gasteiger partial charge in [0.25, 0.3) is 11.8 Å². The van der Waals surface area contributed by atoms with Crippen molar-refractivity contribution in [3.05, 3.63) is 64.7 Å². The van der Waals surface area contributed by atoms with Crippen molar-refractivity contribution in [3.8, 4) is 0 Å². The molecule has 0 aliphatic carbocycles. The highest BCUT2D eigenvalue weighted by molar-refractivity contribution is 6.30. The van der Waals surface area contributed by atoms with E-state index in [1.807, 2.05) is 24.3 Å². The number of nitrogens with one attached hydrogen (secondary N) is 1. The SMILES string of the molecule is C[C@@H](OC(=O)CCNC(=O)c1ccc(Cl)cc1)C(=O)N1CCc2ccccc21. The van der Waals surface area contributed by atoms with Gasteiger partial charge in [-0.25, -0.2) is 0 Å². The Bertz CT molecular complexity index is 882. The fourth-order valence-corrected chi connectivity index (χ4v) is 3.20. The van der Waals surface area contributed by atoms with Gasteiger partial charge in [-0.15, -0.1) is 0 Å². The standard InChI is InChI=1S/C21H21ClN2O4/c1-14(21(27)24-13-11-15-4-2-3-5-18(15)24)28-19(25)10-12-23-20(26)16-6-8-17(22)9-7-16/h2-9,14H,10-13H2,1H3,(H,23,26)/t14-/m1/s1. The van der Waals surface area contributed by atoms with Crippen LogP contribution in [0, 0.1) is 0 Å². The predicted octanol–water partition coefficient (Wildman–Crippen LogP) is 2.98. The number of fused-ring (bicyclic) bond motifs is 1. The van der Waals surface area contributed by atoms with Crippen molar-refractivity contribution < 1.29 is 19.1 Å². The van der Waals surface area contributed by atoms with Crippen LogP contribution in [0.3, 0.4) is 0 Å². The fraction of sp³-hybridized carbons (Fsp3) is 0.286. The second-order valence-electron chi connectivity index (χ2n) is 6.51. The van der Waals surface area contributed by atoms with E-state index in [4.69, 9.17) is 16.3 Å². The van der Waals surface area contributed by atoms with Gasteiger partial charge in [0, 0.05) is 29.4 Å². The first-order chi connectivity index (χ1) is 13.5. The minimum Gasteiger partial charge on any atom is -0.452 e. The van der Waals surface area contributed by atoms with E-state index in [9.17, 15) is 14.4 Å². The van der Waals surface area contributed by atoms with Gasteiger partial charge in [-0.3, -0.25) is 14.4 Å². The molecular weight excluding hydrogens is 380 g/mol. The number of anilines is 1. The normalized spacial score (nSPS) is 13.6. The van der Waals surface area contributed by atoms with Crippen LogP contribution < -0.4 is 10.2 Å². The van der Waals surface area contributed by atoms with Gasteiger partial charge < -0.3 is 15.0 Å². The summed E-state index contributed by atoms with van der Waals surface area (Å²) in [5.74, 6) is -1.09. The molecule has 3 rings (SSSR count). The lowest BCUT2D eigenvalue weighted by atomic mass is 10.2. The van der Waals surface area contributed by atoms with Crippen molar-refractivity contribution in [1.82, 2.24) is 5.32 Å². The third kappa shape index (κ3) is 4.70. The van der Waals surface area contributed by atoms with Gasteiger partial charge in [-0.05, 0) is 49.2 Å². The van der Waals surface area contributed by atoms with Crippen LogP contribution in [0.4, 0.5) is 5.69 Å². The van der Waals surface area contributed by atoms with Gasteiger partial charge in [-0.1, -0.05) is 29.8 Å². The van der Waals surface area contributed by atoms with Crippen LogP contribution >= 0.6 is 11.6 Å². The minimum atomic E-state index is -0.884. The smallest absolute Gasteiger partial charge is 0.308 e. The summed E-state index contributed by atoms with van der Waals surface area (Å²) >= 11 is 5.79. The molecule has 7 heteroatoms. The summed E-state index contributed by atoms with van der Waals surface area (Å²) in [4.78, 5) is 38.3. The highest BCUT2D eigenvalue weighted by Crippen LogP contribution is 2.28. The first-order valence-electron chi connectivity index (χ1n) is 9.08. The molecule has 0 spiro atoms. The lowest BCUT2D eigenvalue weighted by molar-refractivity contribution is -0.153. The Hall–Kier alpha value is -2.86. The van der Waals surface area contributed by atoms with E-state index < -0.39 is 12.1 Å². The van der Waals surface area contributed by atoms with E-state index >= 15 is 0 Å². The zero-order valence-corrected chi connectivity index (χ0v) is 16.2. The van der Waals surface area contributed by atoms with Crippen LogP contribution in [-0.2, 0) is 20.7 Å². The number of para-hydroxylation sites is 1. The van der Waals surface area contributed by atoms with Crippen LogP contribution in [-0.4, -0.2) is 37.0 Å². The minimum absolute atomic E-state index is 0.0203. The number of esters is 1. The molecule has 0 unspecified atom stereocenters.